The van der Waals surface area contributed by atoms with Crippen molar-refractivity contribution in [2.45, 2.75) is 64.7 Å². The van der Waals surface area contributed by atoms with E-state index in [-0.39, 0.29) is 11.6 Å². The van der Waals surface area contributed by atoms with Crippen molar-refractivity contribution in [3.63, 3.8) is 0 Å². The molecule has 0 atom stereocenters. The van der Waals surface area contributed by atoms with E-state index in [9.17, 15) is 8.42 Å². The molecule has 1 aromatic rings. The van der Waals surface area contributed by atoms with Gasteiger partial charge in [-0.05, 0) is 48.5 Å². The van der Waals surface area contributed by atoms with Crippen LogP contribution in [-0.4, -0.2) is 34.2 Å². The van der Waals surface area contributed by atoms with Crippen LogP contribution in [0.2, 0.25) is 18.1 Å². The number of rotatable bonds is 11. The van der Waals surface area contributed by atoms with E-state index in [1.54, 1.807) is 0 Å². The van der Waals surface area contributed by atoms with Gasteiger partial charge in [0.05, 0.1) is 0 Å². The second kappa shape index (κ2) is 10.2. The van der Waals surface area contributed by atoms with Gasteiger partial charge < -0.3 is 4.43 Å². The van der Waals surface area contributed by atoms with Crippen molar-refractivity contribution in [2.24, 2.45) is 4.52 Å². The summed E-state index contributed by atoms with van der Waals surface area (Å²) in [4.78, 5) is 2.46. The highest BCUT2D eigenvalue weighted by molar-refractivity contribution is 7.87. The largest absolute Gasteiger partial charge is 0.417 e. The fourth-order valence-electron chi connectivity index (χ4n) is 2.27. The summed E-state index contributed by atoms with van der Waals surface area (Å²) >= 11 is 0. The molecule has 0 N–H and O–H groups in total. The van der Waals surface area contributed by atoms with Crippen LogP contribution >= 0.6 is 0 Å². The molecular weight excluding hydrogens is 380 g/mol. The van der Waals surface area contributed by atoms with Crippen LogP contribution < -0.4 is 0 Å². The molecule has 0 saturated carbocycles. The van der Waals surface area contributed by atoms with Gasteiger partial charge in [-0.3, -0.25) is 0 Å². The van der Waals surface area contributed by atoms with Gasteiger partial charge in [-0.25, -0.2) is 8.42 Å². The Morgan fingerprint density at radius 3 is 2.33 bits per heavy atom. The van der Waals surface area contributed by atoms with Gasteiger partial charge in [0.2, 0.25) is 0 Å². The second-order valence-corrected chi connectivity index (χ2v) is 14.5. The summed E-state index contributed by atoms with van der Waals surface area (Å²) in [5, 5.41) is 0.183. The summed E-state index contributed by atoms with van der Waals surface area (Å²) in [6.45, 7) is 12.3. The molecule has 0 amide bonds. The van der Waals surface area contributed by atoms with Crippen molar-refractivity contribution in [1.82, 2.24) is 4.31 Å². The van der Waals surface area contributed by atoms with Crippen molar-refractivity contribution in [1.29, 1.82) is 0 Å². The molecule has 0 heterocycles. The minimum Gasteiger partial charge on any atom is -0.417 e. The van der Waals surface area contributed by atoms with E-state index in [0.717, 1.165) is 18.4 Å². The van der Waals surface area contributed by atoms with Crippen molar-refractivity contribution < 1.29 is 12.8 Å². The second-order valence-electron chi connectivity index (χ2n) is 8.14. The van der Waals surface area contributed by atoms with E-state index in [4.69, 9.17) is 9.96 Å². The highest BCUT2D eigenvalue weighted by Gasteiger charge is 2.36. The van der Waals surface area contributed by atoms with Crippen LogP contribution in [0.5, 0.6) is 0 Å². The van der Waals surface area contributed by atoms with Crippen LogP contribution in [0, 0.1) is 0 Å². The first-order valence-electron chi connectivity index (χ1n) is 9.24. The summed E-state index contributed by atoms with van der Waals surface area (Å²) in [6, 6.07) is 9.28. The molecule has 0 aliphatic rings. The Morgan fingerprint density at radius 2 is 1.78 bits per heavy atom. The molecule has 27 heavy (non-hydrogen) atoms. The van der Waals surface area contributed by atoms with Gasteiger partial charge in [0.1, 0.15) is 0 Å². The van der Waals surface area contributed by atoms with E-state index in [1.165, 1.54) is 4.31 Å². The quantitative estimate of drug-likeness (QED) is 0.163. The highest BCUT2D eigenvalue weighted by atomic mass is 32.2. The van der Waals surface area contributed by atoms with Crippen molar-refractivity contribution in [3.05, 3.63) is 46.3 Å². The number of azide groups is 1. The lowest BCUT2D eigenvalue weighted by molar-refractivity contribution is 0.275. The SMILES string of the molecule is CC(C)(C)[Si](C)(C)OCCCCCN(Cc1ccccc1)S(=O)(=O)N=[N+]=[N-]. The number of hydrogen-bond donors (Lipinski definition) is 0. The highest BCUT2D eigenvalue weighted by Crippen LogP contribution is 2.36. The van der Waals surface area contributed by atoms with Gasteiger partial charge in [0.15, 0.2) is 8.32 Å². The van der Waals surface area contributed by atoms with Crippen molar-refractivity contribution in [3.8, 4) is 0 Å². The molecule has 0 bridgehead atoms. The zero-order valence-corrected chi connectivity index (χ0v) is 18.9. The Hall–Kier alpha value is -1.38. The topological polar surface area (TPSA) is 95.4 Å². The third-order valence-corrected chi connectivity index (χ3v) is 10.8. The molecule has 9 heteroatoms. The Kier molecular flexibility index (Phi) is 8.97. The molecule has 0 radical (unpaired) electrons. The molecule has 0 unspecified atom stereocenters. The summed E-state index contributed by atoms with van der Waals surface area (Å²) in [5.74, 6) is 0. The molecule has 0 aliphatic heterocycles. The smallest absolute Gasteiger partial charge is 0.302 e. The maximum Gasteiger partial charge on any atom is 0.302 e. The lowest BCUT2D eigenvalue weighted by atomic mass is 10.2. The fraction of sp³-hybridized carbons (Fsp3) is 0.667. The number of nitrogens with zero attached hydrogens (tertiary/aromatic N) is 4. The molecule has 0 aromatic heterocycles. The third kappa shape index (κ3) is 8.02. The number of unbranched alkanes of at least 4 members (excludes halogenated alkanes) is 2. The summed E-state index contributed by atoms with van der Waals surface area (Å²) in [6.07, 6.45) is 2.42. The summed E-state index contributed by atoms with van der Waals surface area (Å²) < 4.78 is 34.7. The van der Waals surface area contributed by atoms with Gasteiger partial charge in [-0.2, -0.15) is 4.31 Å². The summed E-state index contributed by atoms with van der Waals surface area (Å²) in [7, 11) is -5.73. The lowest BCUT2D eigenvalue weighted by Gasteiger charge is -2.36. The van der Waals surface area contributed by atoms with Crippen LogP contribution in [0.3, 0.4) is 0 Å². The van der Waals surface area contributed by atoms with Crippen LogP contribution in [0.25, 0.3) is 10.4 Å². The maximum atomic E-state index is 12.2. The standard InChI is InChI=1S/C18H32N4O3SSi/c1-18(2,3)27(4,5)25-15-11-7-10-14-22(26(23,24)21-20-19)16-17-12-8-6-9-13-17/h6,8-9,12-13H,7,10-11,14-16H2,1-5H3. The molecule has 1 aromatic carbocycles. The Labute approximate surface area is 164 Å². The van der Waals surface area contributed by atoms with E-state index in [0.29, 0.717) is 19.6 Å². The average Bonchev–Trinajstić information content (AvgIpc) is 2.56. The van der Waals surface area contributed by atoms with E-state index in [1.807, 2.05) is 30.3 Å². The van der Waals surface area contributed by atoms with Crippen molar-refractivity contribution >= 4 is 18.5 Å². The zero-order chi connectivity index (χ0) is 20.6. The maximum absolute atomic E-state index is 12.2. The van der Waals surface area contributed by atoms with E-state index < -0.39 is 18.5 Å². The molecule has 0 aliphatic carbocycles. The first-order valence-corrected chi connectivity index (χ1v) is 13.5. The van der Waals surface area contributed by atoms with Crippen LogP contribution in [0.15, 0.2) is 34.9 Å². The molecule has 1 rings (SSSR count). The third-order valence-electron chi connectivity index (χ3n) is 4.99. The van der Waals surface area contributed by atoms with Crippen LogP contribution in [0.1, 0.15) is 45.6 Å². The predicted molar refractivity (Wildman–Crippen MR) is 112 cm³/mol. The van der Waals surface area contributed by atoms with Gasteiger partial charge in [0, 0.05) is 29.1 Å². The number of hydrogen-bond acceptors (Lipinski definition) is 3. The molecule has 0 spiro atoms. The first kappa shape index (κ1) is 23.7. The fourth-order valence-corrected chi connectivity index (χ4v) is 4.23. The summed E-state index contributed by atoms with van der Waals surface area (Å²) in [5.41, 5.74) is 9.40. The normalized spacial score (nSPS) is 12.8. The van der Waals surface area contributed by atoms with E-state index >= 15 is 0 Å². The van der Waals surface area contributed by atoms with E-state index in [2.05, 4.69) is 43.3 Å². The lowest BCUT2D eigenvalue weighted by Crippen LogP contribution is -2.40. The zero-order valence-electron chi connectivity index (χ0n) is 17.1. The molecule has 0 saturated heterocycles. The Morgan fingerprint density at radius 1 is 1.15 bits per heavy atom. The van der Waals surface area contributed by atoms with Gasteiger partial charge in [-0.1, -0.05) is 51.1 Å². The monoisotopic (exact) mass is 412 g/mol. The molecule has 7 nitrogen and oxygen atoms in total. The van der Waals surface area contributed by atoms with Crippen LogP contribution in [0.4, 0.5) is 0 Å². The Bertz CT molecular complexity index is 727. The van der Waals surface area contributed by atoms with Gasteiger partial charge >= 0.3 is 10.2 Å². The van der Waals surface area contributed by atoms with Crippen molar-refractivity contribution in [2.75, 3.05) is 13.2 Å². The Balaban J connectivity index is 2.54. The predicted octanol–water partition coefficient (Wildman–Crippen LogP) is 5.24. The minimum absolute atomic E-state index is 0.183. The molecule has 0 fully saturated rings. The first-order chi connectivity index (χ1) is 12.5. The average molecular weight is 413 g/mol. The van der Waals surface area contributed by atoms with Gasteiger partial charge in [-0.15, -0.1) is 0 Å². The molecule has 152 valence electrons. The van der Waals surface area contributed by atoms with Crippen LogP contribution in [-0.2, 0) is 21.2 Å². The number of benzene rings is 1. The van der Waals surface area contributed by atoms with Gasteiger partial charge in [0.25, 0.3) is 0 Å². The minimum atomic E-state index is -3.99. The molecular formula is C18H32N4O3SSi.